The Bertz CT molecular complexity index is 565. The maximum absolute atomic E-state index is 11.8. The number of rotatable bonds is 6. The van der Waals surface area contributed by atoms with Gasteiger partial charge in [-0.2, -0.15) is 0 Å². The molecular formula is C11H13N2O5S-. The lowest BCUT2D eigenvalue weighted by Crippen LogP contribution is -2.42. The third kappa shape index (κ3) is 5.06. The molecule has 7 nitrogen and oxygen atoms in total. The number of carboxylic acids is 1. The summed E-state index contributed by atoms with van der Waals surface area (Å²) in [5, 5.41) is 12.1. The van der Waals surface area contributed by atoms with Crippen molar-refractivity contribution in [3.05, 3.63) is 29.8 Å². The van der Waals surface area contributed by atoms with Crippen molar-refractivity contribution < 1.29 is 23.1 Å². The number of nitrogens with one attached hydrogen (secondary N) is 2. The molecule has 104 valence electrons. The van der Waals surface area contributed by atoms with Gasteiger partial charge in [0.25, 0.3) is 0 Å². The SMILES string of the molecule is Cc1ccc(S(=O)(=O)NCC(=O)NCC(=O)[O-])cc1. The molecule has 0 aliphatic heterocycles. The lowest BCUT2D eigenvalue weighted by molar-refractivity contribution is -0.304. The summed E-state index contributed by atoms with van der Waals surface area (Å²) >= 11 is 0. The quantitative estimate of drug-likeness (QED) is 0.636. The summed E-state index contributed by atoms with van der Waals surface area (Å²) in [6.07, 6.45) is 0. The van der Waals surface area contributed by atoms with Crippen LogP contribution < -0.4 is 15.1 Å². The van der Waals surface area contributed by atoms with E-state index in [-0.39, 0.29) is 4.90 Å². The Kier molecular flexibility index (Phi) is 5.02. The van der Waals surface area contributed by atoms with Gasteiger partial charge in [-0.1, -0.05) is 17.7 Å². The van der Waals surface area contributed by atoms with Crippen molar-refractivity contribution in [2.24, 2.45) is 0 Å². The van der Waals surface area contributed by atoms with Gasteiger partial charge in [-0.15, -0.1) is 0 Å². The van der Waals surface area contributed by atoms with Crippen LogP contribution in [-0.4, -0.2) is 33.4 Å². The first-order chi connectivity index (χ1) is 8.81. The molecule has 8 heteroatoms. The highest BCUT2D eigenvalue weighted by molar-refractivity contribution is 7.89. The first kappa shape index (κ1) is 15.1. The van der Waals surface area contributed by atoms with Crippen LogP contribution in [0, 0.1) is 6.92 Å². The van der Waals surface area contributed by atoms with Crippen LogP contribution in [0.25, 0.3) is 0 Å². The number of carboxylic acid groups (broad SMARTS) is 1. The number of carbonyl (C=O) groups is 2. The van der Waals surface area contributed by atoms with E-state index in [2.05, 4.69) is 4.72 Å². The predicted octanol–water partition coefficient (Wildman–Crippen LogP) is -1.86. The van der Waals surface area contributed by atoms with Crippen LogP contribution in [0.4, 0.5) is 0 Å². The molecule has 0 heterocycles. The van der Waals surface area contributed by atoms with Gasteiger partial charge in [0.15, 0.2) is 0 Å². The van der Waals surface area contributed by atoms with Gasteiger partial charge < -0.3 is 15.2 Å². The summed E-state index contributed by atoms with van der Waals surface area (Å²) in [5.74, 6) is -2.20. The average Bonchev–Trinajstić information content (AvgIpc) is 2.34. The Morgan fingerprint density at radius 3 is 2.26 bits per heavy atom. The second kappa shape index (κ2) is 6.30. The molecule has 0 bridgehead atoms. The minimum Gasteiger partial charge on any atom is -0.548 e. The van der Waals surface area contributed by atoms with Crippen molar-refractivity contribution in [1.29, 1.82) is 0 Å². The Balaban J connectivity index is 2.58. The van der Waals surface area contributed by atoms with E-state index in [0.717, 1.165) is 5.56 Å². The maximum atomic E-state index is 11.8. The second-order valence-corrected chi connectivity index (χ2v) is 5.55. The summed E-state index contributed by atoms with van der Waals surface area (Å²) < 4.78 is 25.6. The molecule has 0 fully saturated rings. The average molecular weight is 285 g/mol. The highest BCUT2D eigenvalue weighted by atomic mass is 32.2. The number of aryl methyl sites for hydroxylation is 1. The minimum atomic E-state index is -3.78. The smallest absolute Gasteiger partial charge is 0.241 e. The minimum absolute atomic E-state index is 0.0331. The van der Waals surface area contributed by atoms with Gasteiger partial charge in [0.1, 0.15) is 0 Å². The number of sulfonamides is 1. The monoisotopic (exact) mass is 285 g/mol. The van der Waals surface area contributed by atoms with E-state index in [0.29, 0.717) is 0 Å². The summed E-state index contributed by atoms with van der Waals surface area (Å²) in [6.45, 7) is 0.617. The van der Waals surface area contributed by atoms with E-state index in [4.69, 9.17) is 0 Å². The lowest BCUT2D eigenvalue weighted by atomic mass is 10.2. The first-order valence-electron chi connectivity index (χ1n) is 5.34. The number of benzene rings is 1. The topological polar surface area (TPSA) is 115 Å². The molecule has 19 heavy (non-hydrogen) atoms. The zero-order chi connectivity index (χ0) is 14.5. The highest BCUT2D eigenvalue weighted by Crippen LogP contribution is 2.09. The van der Waals surface area contributed by atoms with E-state index in [1.807, 2.05) is 12.2 Å². The molecule has 1 amide bonds. The van der Waals surface area contributed by atoms with E-state index in [1.165, 1.54) is 12.1 Å². The predicted molar refractivity (Wildman–Crippen MR) is 64.4 cm³/mol. The molecule has 0 aliphatic carbocycles. The van der Waals surface area contributed by atoms with E-state index in [9.17, 15) is 23.1 Å². The fraction of sp³-hybridized carbons (Fsp3) is 0.273. The van der Waals surface area contributed by atoms with E-state index >= 15 is 0 Å². The Labute approximate surface area is 110 Å². The third-order valence-electron chi connectivity index (χ3n) is 2.18. The van der Waals surface area contributed by atoms with Gasteiger partial charge in [-0.25, -0.2) is 13.1 Å². The van der Waals surface area contributed by atoms with Crippen LogP contribution in [0.1, 0.15) is 5.56 Å². The number of hydrogen-bond donors (Lipinski definition) is 2. The molecule has 0 unspecified atom stereocenters. The van der Waals surface area contributed by atoms with Crippen molar-refractivity contribution in [2.45, 2.75) is 11.8 Å². The van der Waals surface area contributed by atoms with Gasteiger partial charge >= 0.3 is 0 Å². The molecule has 0 radical (unpaired) electrons. The standard InChI is InChI=1S/C11H14N2O5S/c1-8-2-4-9(5-3-8)19(17,18)13-6-10(14)12-7-11(15)16/h2-5,13H,6-7H2,1H3,(H,12,14)(H,15,16)/p-1. The molecule has 1 aromatic rings. The third-order valence-corrected chi connectivity index (χ3v) is 3.60. The van der Waals surface area contributed by atoms with Crippen molar-refractivity contribution in [1.82, 2.24) is 10.0 Å². The van der Waals surface area contributed by atoms with Crippen LogP contribution in [-0.2, 0) is 19.6 Å². The molecule has 1 aromatic carbocycles. The first-order valence-corrected chi connectivity index (χ1v) is 6.82. The fourth-order valence-electron chi connectivity index (χ4n) is 1.19. The van der Waals surface area contributed by atoms with Crippen LogP contribution in [0.5, 0.6) is 0 Å². The van der Waals surface area contributed by atoms with Crippen molar-refractivity contribution in [2.75, 3.05) is 13.1 Å². The molecule has 0 saturated heterocycles. The molecular weight excluding hydrogens is 272 g/mol. The molecule has 1 rings (SSSR count). The van der Waals surface area contributed by atoms with Crippen molar-refractivity contribution in [3.63, 3.8) is 0 Å². The van der Waals surface area contributed by atoms with Gasteiger partial charge in [0.2, 0.25) is 15.9 Å². The Morgan fingerprint density at radius 2 is 1.74 bits per heavy atom. The molecule has 0 aromatic heterocycles. The zero-order valence-electron chi connectivity index (χ0n) is 10.2. The molecule has 0 spiro atoms. The number of carbonyl (C=O) groups excluding carboxylic acids is 2. The largest absolute Gasteiger partial charge is 0.548 e. The second-order valence-electron chi connectivity index (χ2n) is 3.79. The maximum Gasteiger partial charge on any atom is 0.241 e. The van der Waals surface area contributed by atoms with Crippen molar-refractivity contribution >= 4 is 21.9 Å². The van der Waals surface area contributed by atoms with Crippen LogP contribution >= 0.6 is 0 Å². The number of hydrogen-bond acceptors (Lipinski definition) is 5. The van der Waals surface area contributed by atoms with Gasteiger partial charge in [0.05, 0.1) is 24.0 Å². The molecule has 0 saturated carbocycles. The molecule has 2 N–H and O–H groups in total. The zero-order valence-corrected chi connectivity index (χ0v) is 11.0. The van der Waals surface area contributed by atoms with Crippen LogP contribution in [0.15, 0.2) is 29.2 Å². The molecule has 0 atom stereocenters. The van der Waals surface area contributed by atoms with Crippen LogP contribution in [0.3, 0.4) is 0 Å². The van der Waals surface area contributed by atoms with Crippen molar-refractivity contribution in [3.8, 4) is 0 Å². The highest BCUT2D eigenvalue weighted by Gasteiger charge is 2.14. The van der Waals surface area contributed by atoms with Gasteiger partial charge in [-0.3, -0.25) is 4.79 Å². The van der Waals surface area contributed by atoms with Gasteiger partial charge in [0, 0.05) is 0 Å². The summed E-state index contributed by atoms with van der Waals surface area (Å²) in [7, 11) is -3.78. The van der Waals surface area contributed by atoms with Gasteiger partial charge in [-0.05, 0) is 19.1 Å². The van der Waals surface area contributed by atoms with E-state index in [1.54, 1.807) is 12.1 Å². The van der Waals surface area contributed by atoms with E-state index < -0.39 is 35.0 Å². The lowest BCUT2D eigenvalue weighted by Gasteiger charge is -2.08. The number of amides is 1. The fourth-order valence-corrected chi connectivity index (χ4v) is 2.18. The molecule has 0 aliphatic rings. The summed E-state index contributed by atoms with van der Waals surface area (Å²) in [4.78, 5) is 21.3. The Morgan fingerprint density at radius 1 is 1.16 bits per heavy atom. The van der Waals surface area contributed by atoms with Crippen LogP contribution in [0.2, 0.25) is 0 Å². The number of aliphatic carboxylic acids is 1. The summed E-state index contributed by atoms with van der Waals surface area (Å²) in [5.41, 5.74) is 0.908. The Hall–Kier alpha value is -1.93. The normalized spacial score (nSPS) is 11.0. The summed E-state index contributed by atoms with van der Waals surface area (Å²) in [6, 6.07) is 6.09.